The molecule has 4 nitrogen and oxygen atoms in total. The van der Waals surface area contributed by atoms with Gasteiger partial charge in [0.25, 0.3) is 5.91 Å². The maximum absolute atomic E-state index is 11.9. The van der Waals surface area contributed by atoms with Gasteiger partial charge in [0.05, 0.1) is 0 Å². The molecule has 1 fully saturated rings. The average Bonchev–Trinajstić information content (AvgIpc) is 2.30. The third-order valence-corrected chi connectivity index (χ3v) is 2.75. The molecule has 0 saturated carbocycles. The second kappa shape index (κ2) is 8.29. The summed E-state index contributed by atoms with van der Waals surface area (Å²) in [7, 11) is 0. The number of carbonyl (C=O) groups excluding carboxylic acids is 1. The summed E-state index contributed by atoms with van der Waals surface area (Å²) >= 11 is 0. The first-order valence-corrected chi connectivity index (χ1v) is 5.71. The first-order chi connectivity index (χ1) is 7.75. The van der Waals surface area contributed by atoms with Gasteiger partial charge in [0.15, 0.2) is 0 Å². The summed E-state index contributed by atoms with van der Waals surface area (Å²) in [4.78, 5) is 16.1. The number of carbonyl (C=O) groups is 1. The standard InChI is InChI=1S/C12H17N3O.2ClH/c1-9-4-2-6-11(14-9)12(16)15-10-5-3-7-13-8-10;;/h2,4,6,10,13H,3,5,7-8H2,1H3,(H,15,16);2*1H. The molecule has 0 aliphatic carbocycles. The maximum atomic E-state index is 11.9. The van der Waals surface area contributed by atoms with E-state index in [4.69, 9.17) is 0 Å². The van der Waals surface area contributed by atoms with Crippen molar-refractivity contribution in [3.63, 3.8) is 0 Å². The van der Waals surface area contributed by atoms with Crippen LogP contribution in [0.4, 0.5) is 0 Å². The summed E-state index contributed by atoms with van der Waals surface area (Å²) in [6, 6.07) is 5.73. The Hall–Kier alpha value is -0.840. The number of nitrogens with one attached hydrogen (secondary N) is 2. The van der Waals surface area contributed by atoms with Crippen molar-refractivity contribution in [2.45, 2.75) is 25.8 Å². The molecule has 1 aliphatic heterocycles. The summed E-state index contributed by atoms with van der Waals surface area (Å²) in [5.74, 6) is -0.0719. The van der Waals surface area contributed by atoms with E-state index in [1.807, 2.05) is 19.1 Å². The van der Waals surface area contributed by atoms with Gasteiger partial charge in [0.1, 0.15) is 5.69 Å². The van der Waals surface area contributed by atoms with E-state index in [1.54, 1.807) is 6.07 Å². The van der Waals surface area contributed by atoms with Crippen LogP contribution in [0.3, 0.4) is 0 Å². The lowest BCUT2D eigenvalue weighted by molar-refractivity contribution is 0.0925. The predicted octanol–water partition coefficient (Wildman–Crippen LogP) is 1.72. The van der Waals surface area contributed by atoms with Crippen LogP contribution in [0, 0.1) is 6.92 Å². The Morgan fingerprint density at radius 1 is 1.44 bits per heavy atom. The van der Waals surface area contributed by atoms with Crippen LogP contribution in [0.1, 0.15) is 29.0 Å². The molecular formula is C12H19Cl2N3O. The Kier molecular flexibility index (Phi) is 7.91. The maximum Gasteiger partial charge on any atom is 0.270 e. The SMILES string of the molecule is Cc1cccc(C(=O)NC2CCCNC2)n1.Cl.Cl. The van der Waals surface area contributed by atoms with Gasteiger partial charge in [-0.15, -0.1) is 24.8 Å². The lowest BCUT2D eigenvalue weighted by Crippen LogP contribution is -2.45. The smallest absolute Gasteiger partial charge is 0.270 e. The van der Waals surface area contributed by atoms with Crippen molar-refractivity contribution in [2.24, 2.45) is 0 Å². The fourth-order valence-corrected chi connectivity index (χ4v) is 1.90. The molecule has 102 valence electrons. The molecule has 1 atom stereocenters. The lowest BCUT2D eigenvalue weighted by atomic mass is 10.1. The van der Waals surface area contributed by atoms with Gasteiger partial charge in [0, 0.05) is 18.3 Å². The first-order valence-electron chi connectivity index (χ1n) is 5.71. The molecule has 1 amide bonds. The van der Waals surface area contributed by atoms with Crippen LogP contribution in [0.25, 0.3) is 0 Å². The molecule has 2 N–H and O–H groups in total. The van der Waals surface area contributed by atoms with Gasteiger partial charge in [-0.05, 0) is 38.4 Å². The molecule has 2 rings (SSSR count). The molecule has 1 saturated heterocycles. The first kappa shape index (κ1) is 17.2. The summed E-state index contributed by atoms with van der Waals surface area (Å²) in [5, 5.41) is 6.27. The Morgan fingerprint density at radius 2 is 2.22 bits per heavy atom. The monoisotopic (exact) mass is 291 g/mol. The Balaban J connectivity index is 0.00000144. The van der Waals surface area contributed by atoms with Gasteiger partial charge in [0.2, 0.25) is 0 Å². The van der Waals surface area contributed by atoms with E-state index < -0.39 is 0 Å². The van der Waals surface area contributed by atoms with Crippen LogP contribution in [-0.2, 0) is 0 Å². The van der Waals surface area contributed by atoms with Crippen LogP contribution < -0.4 is 10.6 Å². The van der Waals surface area contributed by atoms with Gasteiger partial charge >= 0.3 is 0 Å². The van der Waals surface area contributed by atoms with Gasteiger partial charge in [-0.25, -0.2) is 4.98 Å². The Morgan fingerprint density at radius 3 is 2.83 bits per heavy atom. The fraction of sp³-hybridized carbons (Fsp3) is 0.500. The van der Waals surface area contributed by atoms with Crippen LogP contribution in [0.15, 0.2) is 18.2 Å². The van der Waals surface area contributed by atoms with Crippen LogP contribution in [-0.4, -0.2) is 30.0 Å². The zero-order chi connectivity index (χ0) is 11.4. The van der Waals surface area contributed by atoms with Gasteiger partial charge in [-0.2, -0.15) is 0 Å². The number of halogens is 2. The minimum atomic E-state index is -0.0719. The number of aryl methyl sites for hydroxylation is 1. The van der Waals surface area contributed by atoms with E-state index in [0.717, 1.165) is 31.6 Å². The highest BCUT2D eigenvalue weighted by atomic mass is 35.5. The molecular weight excluding hydrogens is 273 g/mol. The van der Waals surface area contributed by atoms with Crippen molar-refractivity contribution < 1.29 is 4.79 Å². The third kappa shape index (κ3) is 4.80. The fourth-order valence-electron chi connectivity index (χ4n) is 1.90. The molecule has 0 spiro atoms. The van der Waals surface area contributed by atoms with E-state index in [0.29, 0.717) is 5.69 Å². The molecule has 2 heterocycles. The summed E-state index contributed by atoms with van der Waals surface area (Å²) in [6.07, 6.45) is 2.16. The average molecular weight is 292 g/mol. The highest BCUT2D eigenvalue weighted by Gasteiger charge is 2.16. The van der Waals surface area contributed by atoms with Gasteiger partial charge in [-0.3, -0.25) is 4.79 Å². The molecule has 1 aromatic rings. The summed E-state index contributed by atoms with van der Waals surface area (Å²) in [6.45, 7) is 3.80. The molecule has 1 aromatic heterocycles. The second-order valence-electron chi connectivity index (χ2n) is 4.18. The number of amides is 1. The van der Waals surface area contributed by atoms with Crippen molar-refractivity contribution in [1.29, 1.82) is 0 Å². The highest BCUT2D eigenvalue weighted by Crippen LogP contribution is 2.03. The summed E-state index contributed by atoms with van der Waals surface area (Å²) in [5.41, 5.74) is 1.37. The van der Waals surface area contributed by atoms with E-state index >= 15 is 0 Å². The van der Waals surface area contributed by atoms with Gasteiger partial charge in [-0.1, -0.05) is 6.07 Å². The molecule has 0 bridgehead atoms. The van der Waals surface area contributed by atoms with Crippen molar-refractivity contribution >= 4 is 30.7 Å². The molecule has 1 unspecified atom stereocenters. The minimum absolute atomic E-state index is 0. The number of rotatable bonds is 2. The van der Waals surface area contributed by atoms with E-state index in [2.05, 4.69) is 15.6 Å². The van der Waals surface area contributed by atoms with E-state index in [1.165, 1.54) is 0 Å². The minimum Gasteiger partial charge on any atom is -0.347 e. The third-order valence-electron chi connectivity index (χ3n) is 2.75. The molecule has 0 aromatic carbocycles. The molecule has 6 heteroatoms. The predicted molar refractivity (Wildman–Crippen MR) is 76.8 cm³/mol. The topological polar surface area (TPSA) is 54.0 Å². The molecule has 0 radical (unpaired) electrons. The second-order valence-corrected chi connectivity index (χ2v) is 4.18. The summed E-state index contributed by atoms with van der Waals surface area (Å²) < 4.78 is 0. The van der Waals surface area contributed by atoms with Crippen molar-refractivity contribution in [3.8, 4) is 0 Å². The molecule has 18 heavy (non-hydrogen) atoms. The number of aromatic nitrogens is 1. The lowest BCUT2D eigenvalue weighted by Gasteiger charge is -2.23. The highest BCUT2D eigenvalue weighted by molar-refractivity contribution is 5.92. The number of nitrogens with zero attached hydrogens (tertiary/aromatic N) is 1. The van der Waals surface area contributed by atoms with Crippen LogP contribution in [0.5, 0.6) is 0 Å². The zero-order valence-corrected chi connectivity index (χ0v) is 11.9. The number of piperidine rings is 1. The normalized spacial score (nSPS) is 18.2. The quantitative estimate of drug-likeness (QED) is 0.872. The van der Waals surface area contributed by atoms with Crippen molar-refractivity contribution in [3.05, 3.63) is 29.6 Å². The van der Waals surface area contributed by atoms with Crippen LogP contribution in [0.2, 0.25) is 0 Å². The van der Waals surface area contributed by atoms with Crippen LogP contribution >= 0.6 is 24.8 Å². The number of hydrogen-bond acceptors (Lipinski definition) is 3. The number of hydrogen-bond donors (Lipinski definition) is 2. The van der Waals surface area contributed by atoms with Gasteiger partial charge < -0.3 is 10.6 Å². The largest absolute Gasteiger partial charge is 0.347 e. The zero-order valence-electron chi connectivity index (χ0n) is 10.3. The van der Waals surface area contributed by atoms with E-state index in [-0.39, 0.29) is 36.8 Å². The Labute approximate surface area is 120 Å². The van der Waals surface area contributed by atoms with Crippen molar-refractivity contribution in [1.82, 2.24) is 15.6 Å². The number of pyridine rings is 1. The van der Waals surface area contributed by atoms with Crippen molar-refractivity contribution in [2.75, 3.05) is 13.1 Å². The molecule has 1 aliphatic rings. The Bertz CT molecular complexity index is 381. The van der Waals surface area contributed by atoms with E-state index in [9.17, 15) is 4.79 Å².